The van der Waals surface area contributed by atoms with Crippen LogP contribution in [-0.2, 0) is 23.1 Å². The van der Waals surface area contributed by atoms with Crippen molar-refractivity contribution in [2.24, 2.45) is 0 Å². The summed E-state index contributed by atoms with van der Waals surface area (Å²) in [6.07, 6.45) is 1.98. The van der Waals surface area contributed by atoms with E-state index in [1.54, 1.807) is 31.4 Å². The van der Waals surface area contributed by atoms with Crippen molar-refractivity contribution in [2.75, 3.05) is 13.7 Å². The third kappa shape index (κ3) is 2.21. The molecular formula is C14H16N2O3S. The summed E-state index contributed by atoms with van der Waals surface area (Å²) in [5.74, 6) is 0.650. The Morgan fingerprint density at radius 1 is 1.10 bits per heavy atom. The van der Waals surface area contributed by atoms with Gasteiger partial charge in [-0.15, -0.1) is 0 Å². The Kier molecular flexibility index (Phi) is 3.27. The van der Waals surface area contributed by atoms with Gasteiger partial charge in [-0.05, 0) is 36.4 Å². The van der Waals surface area contributed by atoms with Crippen LogP contribution in [0.1, 0.15) is 5.69 Å². The molecule has 20 heavy (non-hydrogen) atoms. The van der Waals surface area contributed by atoms with Crippen LogP contribution in [0, 0.1) is 0 Å². The second-order valence-electron chi connectivity index (χ2n) is 4.71. The molecule has 1 aromatic heterocycles. The zero-order valence-corrected chi connectivity index (χ0v) is 12.0. The molecule has 0 N–H and O–H groups in total. The molecule has 106 valence electrons. The second kappa shape index (κ2) is 4.96. The van der Waals surface area contributed by atoms with Crippen LogP contribution in [0.2, 0.25) is 0 Å². The van der Waals surface area contributed by atoms with E-state index in [1.165, 1.54) is 4.31 Å². The van der Waals surface area contributed by atoms with Crippen molar-refractivity contribution in [3.8, 4) is 5.75 Å². The van der Waals surface area contributed by atoms with Crippen molar-refractivity contribution in [3.05, 3.63) is 48.3 Å². The predicted molar refractivity (Wildman–Crippen MR) is 75.0 cm³/mol. The maximum atomic E-state index is 12.6. The quantitative estimate of drug-likeness (QED) is 0.865. The standard InChI is InChI=1S/C14H16N2O3S/c1-19-13-4-6-14(7-5-13)20(17,18)16-10-9-15-8-2-3-12(15)11-16/h2-8H,9-11H2,1H3. The van der Waals surface area contributed by atoms with Gasteiger partial charge in [-0.1, -0.05) is 0 Å². The van der Waals surface area contributed by atoms with Crippen molar-refractivity contribution in [2.45, 2.75) is 18.0 Å². The Labute approximate surface area is 118 Å². The van der Waals surface area contributed by atoms with Crippen LogP contribution in [0.15, 0.2) is 47.5 Å². The SMILES string of the molecule is COc1ccc(S(=O)(=O)N2CCn3cccc3C2)cc1. The maximum Gasteiger partial charge on any atom is 0.243 e. The lowest BCUT2D eigenvalue weighted by atomic mass is 10.3. The zero-order valence-electron chi connectivity index (χ0n) is 11.2. The van der Waals surface area contributed by atoms with E-state index >= 15 is 0 Å². The van der Waals surface area contributed by atoms with Crippen molar-refractivity contribution in [3.63, 3.8) is 0 Å². The van der Waals surface area contributed by atoms with E-state index in [4.69, 9.17) is 4.74 Å². The summed E-state index contributed by atoms with van der Waals surface area (Å²) in [5, 5.41) is 0. The van der Waals surface area contributed by atoms with Gasteiger partial charge in [0, 0.05) is 25.0 Å². The molecule has 0 radical (unpaired) electrons. The topological polar surface area (TPSA) is 51.5 Å². The van der Waals surface area contributed by atoms with Gasteiger partial charge in [-0.3, -0.25) is 0 Å². The maximum absolute atomic E-state index is 12.6. The molecule has 2 aromatic rings. The van der Waals surface area contributed by atoms with Crippen molar-refractivity contribution >= 4 is 10.0 Å². The van der Waals surface area contributed by atoms with E-state index in [9.17, 15) is 8.42 Å². The first-order chi connectivity index (χ1) is 9.61. The highest BCUT2D eigenvalue weighted by molar-refractivity contribution is 7.89. The monoisotopic (exact) mass is 292 g/mol. The third-order valence-electron chi connectivity index (χ3n) is 3.55. The minimum atomic E-state index is -3.44. The number of ether oxygens (including phenoxy) is 1. The molecule has 1 aliphatic heterocycles. The lowest BCUT2D eigenvalue weighted by molar-refractivity contribution is 0.341. The molecule has 2 heterocycles. The smallest absolute Gasteiger partial charge is 0.243 e. The van der Waals surface area contributed by atoms with E-state index in [2.05, 4.69) is 4.57 Å². The van der Waals surface area contributed by atoms with Crippen LogP contribution < -0.4 is 4.74 Å². The van der Waals surface area contributed by atoms with Gasteiger partial charge in [-0.25, -0.2) is 8.42 Å². The highest BCUT2D eigenvalue weighted by Gasteiger charge is 2.27. The molecule has 0 unspecified atom stereocenters. The Morgan fingerprint density at radius 3 is 2.55 bits per heavy atom. The van der Waals surface area contributed by atoms with E-state index in [-0.39, 0.29) is 0 Å². The van der Waals surface area contributed by atoms with E-state index in [0.29, 0.717) is 30.3 Å². The fourth-order valence-electron chi connectivity index (χ4n) is 2.39. The Hall–Kier alpha value is -1.79. The Bertz CT molecular complexity index is 704. The average Bonchev–Trinajstić information content (AvgIpc) is 2.94. The van der Waals surface area contributed by atoms with Gasteiger partial charge in [0.1, 0.15) is 5.75 Å². The summed E-state index contributed by atoms with van der Waals surface area (Å²) >= 11 is 0. The fraction of sp³-hybridized carbons (Fsp3) is 0.286. The van der Waals surface area contributed by atoms with Crippen molar-refractivity contribution in [1.29, 1.82) is 0 Å². The number of benzene rings is 1. The lowest BCUT2D eigenvalue weighted by Gasteiger charge is -2.27. The highest BCUT2D eigenvalue weighted by atomic mass is 32.2. The molecule has 1 aromatic carbocycles. The molecule has 5 nitrogen and oxygen atoms in total. The van der Waals surface area contributed by atoms with Gasteiger partial charge < -0.3 is 9.30 Å². The molecule has 1 aliphatic rings. The van der Waals surface area contributed by atoms with Crippen LogP contribution in [0.4, 0.5) is 0 Å². The minimum absolute atomic E-state index is 0.304. The first-order valence-electron chi connectivity index (χ1n) is 6.39. The molecule has 0 saturated carbocycles. The minimum Gasteiger partial charge on any atom is -0.497 e. The zero-order chi connectivity index (χ0) is 14.2. The molecular weight excluding hydrogens is 276 g/mol. The average molecular weight is 292 g/mol. The van der Waals surface area contributed by atoms with Crippen LogP contribution in [0.5, 0.6) is 5.75 Å². The molecule has 0 amide bonds. The number of nitrogens with zero attached hydrogens (tertiary/aromatic N) is 2. The normalized spacial score (nSPS) is 15.8. The first-order valence-corrected chi connectivity index (χ1v) is 7.83. The van der Waals surface area contributed by atoms with E-state index < -0.39 is 10.0 Å². The van der Waals surface area contributed by atoms with Crippen LogP contribution in [0.25, 0.3) is 0 Å². The molecule has 0 saturated heterocycles. The predicted octanol–water partition coefficient (Wildman–Crippen LogP) is 1.70. The number of hydrogen-bond acceptors (Lipinski definition) is 3. The molecule has 6 heteroatoms. The van der Waals surface area contributed by atoms with Gasteiger partial charge in [-0.2, -0.15) is 4.31 Å². The highest BCUT2D eigenvalue weighted by Crippen LogP contribution is 2.23. The van der Waals surface area contributed by atoms with E-state index in [1.807, 2.05) is 18.3 Å². The van der Waals surface area contributed by atoms with Gasteiger partial charge in [0.05, 0.1) is 18.6 Å². The Balaban J connectivity index is 1.88. The molecule has 0 bridgehead atoms. The van der Waals surface area contributed by atoms with Gasteiger partial charge in [0.25, 0.3) is 0 Å². The number of aromatic nitrogens is 1. The number of methoxy groups -OCH3 is 1. The summed E-state index contributed by atoms with van der Waals surface area (Å²) in [7, 11) is -1.89. The summed E-state index contributed by atoms with van der Waals surface area (Å²) < 4.78 is 33.8. The lowest BCUT2D eigenvalue weighted by Crippen LogP contribution is -2.37. The first kappa shape index (κ1) is 13.2. The van der Waals surface area contributed by atoms with E-state index in [0.717, 1.165) is 5.69 Å². The van der Waals surface area contributed by atoms with Gasteiger partial charge in [0.15, 0.2) is 0 Å². The summed E-state index contributed by atoms with van der Waals surface area (Å²) in [5.41, 5.74) is 1.02. The van der Waals surface area contributed by atoms with Crippen molar-refractivity contribution in [1.82, 2.24) is 8.87 Å². The molecule has 0 fully saturated rings. The Morgan fingerprint density at radius 2 is 1.85 bits per heavy atom. The number of rotatable bonds is 3. The van der Waals surface area contributed by atoms with Gasteiger partial charge >= 0.3 is 0 Å². The molecule has 3 rings (SSSR count). The summed E-state index contributed by atoms with van der Waals surface area (Å²) in [4.78, 5) is 0.304. The number of fused-ring (bicyclic) bond motifs is 1. The van der Waals surface area contributed by atoms with Crippen molar-refractivity contribution < 1.29 is 13.2 Å². The van der Waals surface area contributed by atoms with Crippen LogP contribution in [-0.4, -0.2) is 30.9 Å². The van der Waals surface area contributed by atoms with Gasteiger partial charge in [0.2, 0.25) is 10.0 Å². The third-order valence-corrected chi connectivity index (χ3v) is 5.41. The van der Waals surface area contributed by atoms with Crippen LogP contribution >= 0.6 is 0 Å². The second-order valence-corrected chi connectivity index (χ2v) is 6.64. The molecule has 0 aliphatic carbocycles. The molecule has 0 spiro atoms. The van der Waals surface area contributed by atoms with Crippen LogP contribution in [0.3, 0.4) is 0 Å². The number of hydrogen-bond donors (Lipinski definition) is 0. The molecule has 0 atom stereocenters. The summed E-state index contributed by atoms with van der Waals surface area (Å²) in [6, 6.07) is 10.4. The largest absolute Gasteiger partial charge is 0.497 e. The fourth-order valence-corrected chi connectivity index (χ4v) is 3.79. The number of sulfonamides is 1. The summed E-state index contributed by atoms with van der Waals surface area (Å²) in [6.45, 7) is 1.61.